The molecule has 0 spiro atoms. The van der Waals surface area contributed by atoms with E-state index >= 15 is 0 Å². The summed E-state index contributed by atoms with van der Waals surface area (Å²) in [6.07, 6.45) is 6.99. The highest BCUT2D eigenvalue weighted by Crippen LogP contribution is 2.26. The molecule has 0 saturated carbocycles. The molecule has 0 atom stereocenters. The van der Waals surface area contributed by atoms with E-state index in [1.54, 1.807) is 6.92 Å². The summed E-state index contributed by atoms with van der Waals surface area (Å²) in [7, 11) is 0. The van der Waals surface area contributed by atoms with Crippen molar-refractivity contribution in [2.75, 3.05) is 0 Å². The predicted molar refractivity (Wildman–Crippen MR) is 69.0 cm³/mol. The van der Waals surface area contributed by atoms with Crippen molar-refractivity contribution < 1.29 is 9.90 Å². The standard InChI is InChI=1S/C12H10N2O3S/c1-3-4-5-14-6-13-10-8(11(14)15)7(2)9(18-10)12(16)17/h1,6H,4-5H2,2H3,(H,16,17). The molecule has 0 radical (unpaired) electrons. The van der Waals surface area contributed by atoms with Crippen LogP contribution in [-0.2, 0) is 6.54 Å². The topological polar surface area (TPSA) is 72.2 Å². The second-order valence-corrected chi connectivity index (χ2v) is 4.74. The highest BCUT2D eigenvalue weighted by atomic mass is 32.1. The first-order valence-electron chi connectivity index (χ1n) is 5.21. The number of carboxylic acid groups (broad SMARTS) is 1. The second-order valence-electron chi connectivity index (χ2n) is 3.74. The van der Waals surface area contributed by atoms with Crippen molar-refractivity contribution in [3.8, 4) is 12.3 Å². The molecular weight excluding hydrogens is 252 g/mol. The van der Waals surface area contributed by atoms with Crippen LogP contribution in [0.1, 0.15) is 21.7 Å². The van der Waals surface area contributed by atoms with Crippen molar-refractivity contribution in [1.29, 1.82) is 0 Å². The van der Waals surface area contributed by atoms with Crippen molar-refractivity contribution in [2.24, 2.45) is 0 Å². The molecule has 0 bridgehead atoms. The molecule has 2 heterocycles. The first kappa shape index (κ1) is 12.3. The van der Waals surface area contributed by atoms with Gasteiger partial charge in [-0.15, -0.1) is 23.7 Å². The van der Waals surface area contributed by atoms with Crippen LogP contribution in [0.15, 0.2) is 11.1 Å². The van der Waals surface area contributed by atoms with Crippen LogP contribution < -0.4 is 5.56 Å². The van der Waals surface area contributed by atoms with Gasteiger partial charge in [-0.1, -0.05) is 0 Å². The third-order valence-electron chi connectivity index (χ3n) is 2.61. The fourth-order valence-electron chi connectivity index (χ4n) is 1.71. The lowest BCUT2D eigenvalue weighted by atomic mass is 10.2. The van der Waals surface area contributed by atoms with Gasteiger partial charge in [-0.2, -0.15) is 0 Å². The van der Waals surface area contributed by atoms with E-state index in [9.17, 15) is 9.59 Å². The average Bonchev–Trinajstić information content (AvgIpc) is 2.67. The number of carbonyl (C=O) groups is 1. The van der Waals surface area contributed by atoms with E-state index in [-0.39, 0.29) is 10.4 Å². The molecule has 0 saturated heterocycles. The zero-order valence-corrected chi connectivity index (χ0v) is 10.5. The van der Waals surface area contributed by atoms with Crippen molar-refractivity contribution in [3.05, 3.63) is 27.1 Å². The molecule has 0 aliphatic heterocycles. The minimum Gasteiger partial charge on any atom is -0.477 e. The summed E-state index contributed by atoms with van der Waals surface area (Å²) in [5.41, 5.74) is 0.228. The number of hydrogen-bond acceptors (Lipinski definition) is 4. The Bertz CT molecular complexity index is 721. The van der Waals surface area contributed by atoms with E-state index in [1.807, 2.05) is 0 Å². The van der Waals surface area contributed by atoms with Gasteiger partial charge in [-0.3, -0.25) is 9.36 Å². The molecule has 0 aliphatic carbocycles. The van der Waals surface area contributed by atoms with E-state index in [0.717, 1.165) is 11.3 Å². The number of aromatic carboxylic acids is 1. The van der Waals surface area contributed by atoms with E-state index in [1.165, 1.54) is 10.9 Å². The number of carboxylic acids is 1. The van der Waals surface area contributed by atoms with Crippen molar-refractivity contribution in [1.82, 2.24) is 9.55 Å². The van der Waals surface area contributed by atoms with E-state index in [2.05, 4.69) is 10.9 Å². The van der Waals surface area contributed by atoms with Gasteiger partial charge in [0.25, 0.3) is 5.56 Å². The third kappa shape index (κ3) is 1.89. The quantitative estimate of drug-likeness (QED) is 0.850. The number of thiophene rings is 1. The Balaban J connectivity index is 2.67. The largest absolute Gasteiger partial charge is 0.477 e. The molecular formula is C12H10N2O3S. The van der Waals surface area contributed by atoms with E-state index in [0.29, 0.717) is 28.7 Å². The molecule has 0 unspecified atom stereocenters. The van der Waals surface area contributed by atoms with Crippen molar-refractivity contribution in [3.63, 3.8) is 0 Å². The molecule has 5 nitrogen and oxygen atoms in total. The number of fused-ring (bicyclic) bond motifs is 1. The number of terminal acetylenes is 1. The number of aryl methyl sites for hydroxylation is 2. The SMILES string of the molecule is C#CCCn1cnc2sc(C(=O)O)c(C)c2c1=O. The lowest BCUT2D eigenvalue weighted by Gasteiger charge is -2.01. The van der Waals surface area contributed by atoms with Gasteiger partial charge in [0.05, 0.1) is 11.7 Å². The second kappa shape index (κ2) is 4.63. The molecule has 2 aromatic heterocycles. The van der Waals surface area contributed by atoms with Crippen LogP contribution in [-0.4, -0.2) is 20.6 Å². The Labute approximate surface area is 107 Å². The summed E-state index contributed by atoms with van der Waals surface area (Å²) in [4.78, 5) is 27.9. The Morgan fingerprint density at radius 1 is 1.67 bits per heavy atom. The van der Waals surface area contributed by atoms with Crippen LogP contribution in [0.4, 0.5) is 0 Å². The first-order chi connectivity index (χ1) is 8.56. The summed E-state index contributed by atoms with van der Waals surface area (Å²) >= 11 is 1.01. The number of aromatic nitrogens is 2. The van der Waals surface area contributed by atoms with Crippen molar-refractivity contribution in [2.45, 2.75) is 19.9 Å². The molecule has 92 valence electrons. The maximum Gasteiger partial charge on any atom is 0.346 e. The molecule has 2 rings (SSSR count). The summed E-state index contributed by atoms with van der Waals surface area (Å²) in [5.74, 6) is 1.41. The smallest absolute Gasteiger partial charge is 0.346 e. The van der Waals surface area contributed by atoms with Gasteiger partial charge in [0.1, 0.15) is 9.71 Å². The third-order valence-corrected chi connectivity index (χ3v) is 3.80. The molecule has 2 aromatic rings. The molecule has 0 aromatic carbocycles. The fraction of sp³-hybridized carbons (Fsp3) is 0.250. The van der Waals surface area contributed by atoms with Crippen LogP contribution in [0.25, 0.3) is 10.2 Å². The zero-order valence-electron chi connectivity index (χ0n) is 9.64. The monoisotopic (exact) mass is 262 g/mol. The minimum atomic E-state index is -1.04. The summed E-state index contributed by atoms with van der Waals surface area (Å²) in [6, 6.07) is 0. The Morgan fingerprint density at radius 3 is 3.00 bits per heavy atom. The Kier molecular flexibility index (Phi) is 3.17. The van der Waals surface area contributed by atoms with E-state index < -0.39 is 5.97 Å². The first-order valence-corrected chi connectivity index (χ1v) is 6.03. The summed E-state index contributed by atoms with van der Waals surface area (Å²) in [6.45, 7) is 2.01. The van der Waals surface area contributed by atoms with Crippen molar-refractivity contribution >= 4 is 27.5 Å². The normalized spacial score (nSPS) is 10.4. The molecule has 0 amide bonds. The maximum absolute atomic E-state index is 12.2. The lowest BCUT2D eigenvalue weighted by Crippen LogP contribution is -2.20. The molecule has 0 aliphatic rings. The van der Waals surface area contributed by atoms with Crippen LogP contribution in [0.3, 0.4) is 0 Å². The Hall–Kier alpha value is -2.13. The molecule has 0 fully saturated rings. The summed E-state index contributed by atoms with van der Waals surface area (Å²) < 4.78 is 1.41. The molecule has 6 heteroatoms. The lowest BCUT2D eigenvalue weighted by molar-refractivity contribution is 0.0701. The number of hydrogen-bond donors (Lipinski definition) is 1. The predicted octanol–water partition coefficient (Wildman–Crippen LogP) is 1.49. The Morgan fingerprint density at radius 2 is 2.39 bits per heavy atom. The van der Waals surface area contributed by atoms with Gasteiger partial charge in [0.2, 0.25) is 0 Å². The molecule has 1 N–H and O–H groups in total. The average molecular weight is 262 g/mol. The van der Waals surface area contributed by atoms with Gasteiger partial charge in [-0.25, -0.2) is 9.78 Å². The van der Waals surface area contributed by atoms with Crippen LogP contribution >= 0.6 is 11.3 Å². The van der Waals surface area contributed by atoms with Gasteiger partial charge in [0.15, 0.2) is 0 Å². The van der Waals surface area contributed by atoms with Gasteiger partial charge >= 0.3 is 5.97 Å². The number of rotatable bonds is 3. The molecule has 18 heavy (non-hydrogen) atoms. The maximum atomic E-state index is 12.2. The van der Waals surface area contributed by atoms with Crippen LogP contribution in [0.5, 0.6) is 0 Å². The summed E-state index contributed by atoms with van der Waals surface area (Å²) in [5, 5.41) is 9.39. The van der Waals surface area contributed by atoms with Gasteiger partial charge in [0, 0.05) is 13.0 Å². The van der Waals surface area contributed by atoms with Gasteiger partial charge < -0.3 is 5.11 Å². The minimum absolute atomic E-state index is 0.157. The van der Waals surface area contributed by atoms with Gasteiger partial charge in [-0.05, 0) is 12.5 Å². The highest BCUT2D eigenvalue weighted by Gasteiger charge is 2.18. The number of nitrogens with zero attached hydrogens (tertiary/aromatic N) is 2. The van der Waals surface area contributed by atoms with Crippen LogP contribution in [0.2, 0.25) is 0 Å². The fourth-order valence-corrected chi connectivity index (χ4v) is 2.69. The highest BCUT2D eigenvalue weighted by molar-refractivity contribution is 7.20. The van der Waals surface area contributed by atoms with Crippen LogP contribution in [0, 0.1) is 19.3 Å². The van der Waals surface area contributed by atoms with E-state index in [4.69, 9.17) is 11.5 Å². The zero-order chi connectivity index (χ0) is 13.3.